The summed E-state index contributed by atoms with van der Waals surface area (Å²) in [4.78, 5) is 2.36. The molecule has 0 saturated carbocycles. The molecule has 0 radical (unpaired) electrons. The van der Waals surface area contributed by atoms with Gasteiger partial charge in [0.25, 0.3) is 0 Å². The van der Waals surface area contributed by atoms with E-state index in [1.807, 2.05) is 44.3 Å². The van der Waals surface area contributed by atoms with Crippen molar-refractivity contribution in [2.45, 2.75) is 31.3 Å². The first-order chi connectivity index (χ1) is 11.8. The van der Waals surface area contributed by atoms with Gasteiger partial charge >= 0.3 is 0 Å². The number of aryl methyl sites for hydroxylation is 1. The number of nitriles is 1. The second-order valence-electron chi connectivity index (χ2n) is 6.50. The van der Waals surface area contributed by atoms with E-state index in [0.717, 1.165) is 11.3 Å². The number of para-hydroxylation sites is 1. The zero-order chi connectivity index (χ0) is 18.2. The van der Waals surface area contributed by atoms with E-state index < -0.39 is 10.0 Å². The molecule has 1 aliphatic rings. The lowest BCUT2D eigenvalue weighted by molar-refractivity contribution is 0.340. The Morgan fingerprint density at radius 3 is 2.60 bits per heavy atom. The first-order valence-corrected chi connectivity index (χ1v) is 9.60. The Bertz CT molecular complexity index is 947. The lowest BCUT2D eigenvalue weighted by atomic mass is 10.1. The third kappa shape index (κ3) is 3.13. The third-order valence-electron chi connectivity index (χ3n) is 4.65. The molecule has 0 saturated heterocycles. The number of rotatable bonds is 2. The first kappa shape index (κ1) is 17.5. The predicted molar refractivity (Wildman–Crippen MR) is 97.8 cm³/mol. The van der Waals surface area contributed by atoms with Crippen LogP contribution in [0.25, 0.3) is 0 Å². The van der Waals surface area contributed by atoms with Crippen LogP contribution in [-0.4, -0.2) is 32.4 Å². The van der Waals surface area contributed by atoms with Gasteiger partial charge in [0.05, 0.1) is 16.5 Å². The van der Waals surface area contributed by atoms with Crippen molar-refractivity contribution < 1.29 is 8.42 Å². The van der Waals surface area contributed by atoms with Gasteiger partial charge in [-0.05, 0) is 49.2 Å². The molecule has 130 valence electrons. The molecule has 5 nitrogen and oxygen atoms in total. The Balaban J connectivity index is 2.07. The van der Waals surface area contributed by atoms with Gasteiger partial charge in [-0.15, -0.1) is 0 Å². The summed E-state index contributed by atoms with van der Waals surface area (Å²) in [6, 6.07) is 14.5. The molecule has 0 amide bonds. The van der Waals surface area contributed by atoms with E-state index in [2.05, 4.69) is 4.90 Å². The minimum absolute atomic E-state index is 0.169. The van der Waals surface area contributed by atoms with Gasteiger partial charge in [0.15, 0.2) is 0 Å². The van der Waals surface area contributed by atoms with Crippen LogP contribution in [0.1, 0.15) is 23.6 Å². The minimum Gasteiger partial charge on any atom is -0.373 e. The normalized spacial score (nSPS) is 18.3. The zero-order valence-corrected chi connectivity index (χ0v) is 15.4. The number of hydrogen-bond acceptors (Lipinski definition) is 4. The number of fused-ring (bicyclic) bond motifs is 1. The standard InChI is InChI=1S/C19H21N3O2S/c1-14-10-16(11-20)8-9-19(14)25(23,24)22-13-17-6-4-5-7-18(17)21(3)12-15(22)2/h4-10,15H,12-13H2,1-3H3. The lowest BCUT2D eigenvalue weighted by Crippen LogP contribution is -2.42. The van der Waals surface area contributed by atoms with Gasteiger partial charge < -0.3 is 4.90 Å². The Morgan fingerprint density at radius 1 is 1.20 bits per heavy atom. The molecule has 1 unspecified atom stereocenters. The van der Waals surface area contributed by atoms with Crippen LogP contribution < -0.4 is 4.90 Å². The van der Waals surface area contributed by atoms with Gasteiger partial charge in [0, 0.05) is 31.9 Å². The molecule has 0 N–H and O–H groups in total. The van der Waals surface area contributed by atoms with Crippen molar-refractivity contribution in [3.8, 4) is 6.07 Å². The van der Waals surface area contributed by atoms with E-state index in [1.165, 1.54) is 6.07 Å². The highest BCUT2D eigenvalue weighted by Crippen LogP contribution is 2.31. The molecular weight excluding hydrogens is 334 g/mol. The van der Waals surface area contributed by atoms with Crippen LogP contribution in [0, 0.1) is 18.3 Å². The zero-order valence-electron chi connectivity index (χ0n) is 14.6. The van der Waals surface area contributed by atoms with Crippen molar-refractivity contribution in [2.75, 3.05) is 18.5 Å². The second kappa shape index (κ2) is 6.51. The number of benzene rings is 2. The van der Waals surface area contributed by atoms with Gasteiger partial charge in [0.1, 0.15) is 0 Å². The maximum atomic E-state index is 13.3. The molecule has 0 bridgehead atoms. The number of anilines is 1. The highest BCUT2D eigenvalue weighted by atomic mass is 32.2. The highest BCUT2D eigenvalue weighted by Gasteiger charge is 2.33. The quantitative estimate of drug-likeness (QED) is 0.831. The maximum absolute atomic E-state index is 13.3. The fourth-order valence-electron chi connectivity index (χ4n) is 3.38. The molecule has 0 fully saturated rings. The Morgan fingerprint density at radius 2 is 1.92 bits per heavy atom. The van der Waals surface area contributed by atoms with Crippen LogP contribution in [0.5, 0.6) is 0 Å². The molecule has 2 aromatic carbocycles. The van der Waals surface area contributed by atoms with Crippen LogP contribution in [-0.2, 0) is 16.6 Å². The minimum atomic E-state index is -3.66. The largest absolute Gasteiger partial charge is 0.373 e. The lowest BCUT2D eigenvalue weighted by Gasteiger charge is -2.28. The summed E-state index contributed by atoms with van der Waals surface area (Å²) in [5.74, 6) is 0. The van der Waals surface area contributed by atoms with Crippen LogP contribution in [0.3, 0.4) is 0 Å². The second-order valence-corrected chi connectivity index (χ2v) is 8.36. The molecule has 1 heterocycles. The van der Waals surface area contributed by atoms with Crippen molar-refractivity contribution in [3.63, 3.8) is 0 Å². The Hall–Kier alpha value is -2.36. The maximum Gasteiger partial charge on any atom is 0.243 e. The molecule has 3 rings (SSSR count). The number of likely N-dealkylation sites (N-methyl/N-ethyl adjacent to an activating group) is 1. The van der Waals surface area contributed by atoms with E-state index >= 15 is 0 Å². The van der Waals surface area contributed by atoms with Crippen molar-refractivity contribution in [1.29, 1.82) is 5.26 Å². The summed E-state index contributed by atoms with van der Waals surface area (Å²) in [6.45, 7) is 4.62. The molecule has 0 spiro atoms. The molecule has 0 aliphatic carbocycles. The average molecular weight is 355 g/mol. The van der Waals surface area contributed by atoms with E-state index in [-0.39, 0.29) is 10.9 Å². The molecule has 6 heteroatoms. The van der Waals surface area contributed by atoms with Gasteiger partial charge in [-0.25, -0.2) is 8.42 Å². The Kier molecular flexibility index (Phi) is 4.55. The average Bonchev–Trinajstić information content (AvgIpc) is 2.71. The number of hydrogen-bond donors (Lipinski definition) is 0. The smallest absolute Gasteiger partial charge is 0.243 e. The Labute approximate surface area is 149 Å². The van der Waals surface area contributed by atoms with Crippen LogP contribution in [0.4, 0.5) is 5.69 Å². The van der Waals surface area contributed by atoms with E-state index in [9.17, 15) is 8.42 Å². The van der Waals surface area contributed by atoms with E-state index in [1.54, 1.807) is 23.4 Å². The van der Waals surface area contributed by atoms with Gasteiger partial charge in [-0.3, -0.25) is 0 Å². The molecular formula is C19H21N3O2S. The fourth-order valence-corrected chi connectivity index (χ4v) is 5.19. The number of sulfonamides is 1. The molecule has 0 aromatic heterocycles. The van der Waals surface area contributed by atoms with E-state index in [0.29, 0.717) is 24.2 Å². The molecule has 2 aromatic rings. The summed E-state index contributed by atoms with van der Waals surface area (Å²) in [6.07, 6.45) is 0. The van der Waals surface area contributed by atoms with Crippen LogP contribution in [0.2, 0.25) is 0 Å². The van der Waals surface area contributed by atoms with Gasteiger partial charge in [-0.2, -0.15) is 9.57 Å². The third-order valence-corrected chi connectivity index (χ3v) is 6.77. The molecule has 1 atom stereocenters. The first-order valence-electron chi connectivity index (χ1n) is 8.16. The summed E-state index contributed by atoms with van der Waals surface area (Å²) < 4.78 is 28.2. The van der Waals surface area contributed by atoms with Crippen LogP contribution in [0.15, 0.2) is 47.4 Å². The summed E-state index contributed by atoms with van der Waals surface area (Å²) in [5, 5.41) is 9.01. The molecule has 25 heavy (non-hydrogen) atoms. The van der Waals surface area contributed by atoms with E-state index in [4.69, 9.17) is 5.26 Å². The summed E-state index contributed by atoms with van der Waals surface area (Å²) in [5.41, 5.74) is 3.11. The van der Waals surface area contributed by atoms with Crippen molar-refractivity contribution in [1.82, 2.24) is 4.31 Å². The summed E-state index contributed by atoms with van der Waals surface area (Å²) >= 11 is 0. The van der Waals surface area contributed by atoms with Crippen molar-refractivity contribution >= 4 is 15.7 Å². The molecule has 1 aliphatic heterocycles. The fraction of sp³-hybridized carbons (Fsp3) is 0.316. The number of nitrogens with zero attached hydrogens (tertiary/aromatic N) is 3. The highest BCUT2D eigenvalue weighted by molar-refractivity contribution is 7.89. The van der Waals surface area contributed by atoms with Gasteiger partial charge in [-0.1, -0.05) is 18.2 Å². The van der Waals surface area contributed by atoms with Gasteiger partial charge in [0.2, 0.25) is 10.0 Å². The SMILES string of the molecule is Cc1cc(C#N)ccc1S(=O)(=O)N1Cc2ccccc2N(C)CC1C. The monoisotopic (exact) mass is 355 g/mol. The van der Waals surface area contributed by atoms with Crippen molar-refractivity contribution in [3.05, 3.63) is 59.2 Å². The van der Waals surface area contributed by atoms with Crippen molar-refractivity contribution in [2.24, 2.45) is 0 Å². The van der Waals surface area contributed by atoms with Crippen LogP contribution >= 0.6 is 0 Å². The predicted octanol–water partition coefficient (Wildman–Crippen LogP) is 2.90. The topological polar surface area (TPSA) is 64.4 Å². The summed E-state index contributed by atoms with van der Waals surface area (Å²) in [7, 11) is -1.67.